The number of carbonyl (C=O) groups is 1. The fourth-order valence-corrected chi connectivity index (χ4v) is 1.67. The van der Waals surface area contributed by atoms with Crippen molar-refractivity contribution in [1.82, 2.24) is 15.0 Å². The number of nitrogens with one attached hydrogen (secondary N) is 1. The Bertz CT molecular complexity index is 591. The number of hydrogen-bond acceptors (Lipinski definition) is 4. The van der Waals surface area contributed by atoms with Crippen LogP contribution in [0.3, 0.4) is 0 Å². The van der Waals surface area contributed by atoms with Crippen molar-refractivity contribution in [2.45, 2.75) is 0 Å². The number of aromatic nitrogens is 3. The molecule has 18 heavy (non-hydrogen) atoms. The van der Waals surface area contributed by atoms with Crippen LogP contribution in [0.15, 0.2) is 29.1 Å². The van der Waals surface area contributed by atoms with Gasteiger partial charge in [-0.3, -0.25) is 4.79 Å². The van der Waals surface area contributed by atoms with Gasteiger partial charge in [0.25, 0.3) is 5.91 Å². The summed E-state index contributed by atoms with van der Waals surface area (Å²) in [6.07, 6.45) is 2.86. The van der Waals surface area contributed by atoms with Crippen LogP contribution < -0.4 is 5.32 Å². The van der Waals surface area contributed by atoms with E-state index in [0.717, 1.165) is 0 Å². The zero-order chi connectivity index (χ0) is 13.1. The molecule has 0 aromatic carbocycles. The van der Waals surface area contributed by atoms with Crippen molar-refractivity contribution in [2.75, 3.05) is 5.32 Å². The highest BCUT2D eigenvalue weighted by Gasteiger charge is 2.13. The van der Waals surface area contributed by atoms with Crippen molar-refractivity contribution in [1.29, 1.82) is 0 Å². The molecule has 0 bridgehead atoms. The highest BCUT2D eigenvalue weighted by Crippen LogP contribution is 2.18. The number of rotatable bonds is 2. The number of carbonyl (C=O) groups excluding carboxylic acids is 1. The molecular formula is C10H5BrCl2N4O. The first-order valence-electron chi connectivity index (χ1n) is 4.67. The molecule has 0 fully saturated rings. The first-order valence-corrected chi connectivity index (χ1v) is 6.22. The van der Waals surface area contributed by atoms with E-state index in [1.807, 2.05) is 0 Å². The third-order valence-corrected chi connectivity index (χ3v) is 2.81. The van der Waals surface area contributed by atoms with Crippen molar-refractivity contribution in [3.63, 3.8) is 0 Å². The smallest absolute Gasteiger partial charge is 0.277 e. The summed E-state index contributed by atoms with van der Waals surface area (Å²) in [5.74, 6) is -0.208. The molecular weight excluding hydrogens is 343 g/mol. The molecule has 0 aliphatic heterocycles. The Labute approximate surface area is 121 Å². The minimum atomic E-state index is -0.501. The van der Waals surface area contributed by atoms with E-state index in [9.17, 15) is 4.79 Å². The zero-order valence-electron chi connectivity index (χ0n) is 8.69. The molecule has 0 unspecified atom stereocenters. The predicted molar refractivity (Wildman–Crippen MR) is 71.9 cm³/mol. The van der Waals surface area contributed by atoms with E-state index in [2.05, 4.69) is 36.2 Å². The molecule has 5 nitrogen and oxygen atoms in total. The van der Waals surface area contributed by atoms with Crippen LogP contribution in [0, 0.1) is 0 Å². The molecule has 8 heteroatoms. The van der Waals surface area contributed by atoms with Gasteiger partial charge < -0.3 is 5.32 Å². The number of amides is 1. The van der Waals surface area contributed by atoms with Gasteiger partial charge in [-0.2, -0.15) is 0 Å². The Morgan fingerprint density at radius 1 is 1.22 bits per heavy atom. The van der Waals surface area contributed by atoms with Crippen molar-refractivity contribution >= 4 is 50.9 Å². The largest absolute Gasteiger partial charge is 0.304 e. The molecule has 1 amide bonds. The normalized spacial score (nSPS) is 10.2. The molecule has 0 saturated carbocycles. The van der Waals surface area contributed by atoms with Crippen LogP contribution in [-0.2, 0) is 0 Å². The lowest BCUT2D eigenvalue weighted by molar-refractivity contribution is 0.102. The average molecular weight is 348 g/mol. The maximum atomic E-state index is 11.9. The standard InChI is InChI=1S/C10H5BrCl2N4O/c11-6-3-15-8(4-14-6)17-10(18)9-5(12)1-2-7(13)16-9/h1-4H,(H,15,17,18). The van der Waals surface area contributed by atoms with Gasteiger partial charge in [-0.05, 0) is 28.1 Å². The van der Waals surface area contributed by atoms with E-state index in [1.165, 1.54) is 24.5 Å². The molecule has 92 valence electrons. The maximum Gasteiger partial charge on any atom is 0.277 e. The van der Waals surface area contributed by atoms with Crippen LogP contribution in [0.5, 0.6) is 0 Å². The zero-order valence-corrected chi connectivity index (χ0v) is 11.8. The van der Waals surface area contributed by atoms with Crippen molar-refractivity contribution in [3.8, 4) is 0 Å². The molecule has 0 spiro atoms. The lowest BCUT2D eigenvalue weighted by Crippen LogP contribution is -2.15. The Morgan fingerprint density at radius 2 is 2.00 bits per heavy atom. The molecule has 0 aliphatic carbocycles. The number of nitrogens with zero attached hydrogens (tertiary/aromatic N) is 3. The van der Waals surface area contributed by atoms with Gasteiger partial charge in [0.15, 0.2) is 5.82 Å². The van der Waals surface area contributed by atoms with E-state index < -0.39 is 5.91 Å². The number of halogens is 3. The maximum absolute atomic E-state index is 11.9. The molecule has 0 atom stereocenters. The van der Waals surface area contributed by atoms with Gasteiger partial charge in [-0.15, -0.1) is 0 Å². The number of pyridine rings is 1. The topological polar surface area (TPSA) is 67.8 Å². The fraction of sp³-hybridized carbons (Fsp3) is 0. The molecule has 0 radical (unpaired) electrons. The van der Waals surface area contributed by atoms with Gasteiger partial charge in [0.1, 0.15) is 15.5 Å². The van der Waals surface area contributed by atoms with E-state index in [1.54, 1.807) is 0 Å². The van der Waals surface area contributed by atoms with Gasteiger partial charge >= 0.3 is 0 Å². The van der Waals surface area contributed by atoms with Gasteiger partial charge in [0.05, 0.1) is 17.4 Å². The van der Waals surface area contributed by atoms with Crippen LogP contribution in [0.1, 0.15) is 10.5 Å². The summed E-state index contributed by atoms with van der Waals surface area (Å²) < 4.78 is 0.569. The van der Waals surface area contributed by atoms with Crippen molar-refractivity contribution < 1.29 is 4.79 Å². The predicted octanol–water partition coefficient (Wildman–Crippen LogP) is 3.19. The summed E-state index contributed by atoms with van der Waals surface area (Å²) in [5, 5.41) is 2.91. The molecule has 0 aliphatic rings. The Balaban J connectivity index is 2.21. The summed E-state index contributed by atoms with van der Waals surface area (Å²) in [7, 11) is 0. The Morgan fingerprint density at radius 3 is 2.67 bits per heavy atom. The lowest BCUT2D eigenvalue weighted by Gasteiger charge is -2.05. The van der Waals surface area contributed by atoms with Crippen molar-refractivity contribution in [2.24, 2.45) is 0 Å². The second-order valence-electron chi connectivity index (χ2n) is 3.14. The van der Waals surface area contributed by atoms with Crippen LogP contribution in [0.25, 0.3) is 0 Å². The fourth-order valence-electron chi connectivity index (χ4n) is 1.13. The van der Waals surface area contributed by atoms with Crippen molar-refractivity contribution in [3.05, 3.63) is 45.0 Å². The summed E-state index contributed by atoms with van der Waals surface area (Å²) in [6, 6.07) is 3.00. The van der Waals surface area contributed by atoms with Crippen LogP contribution >= 0.6 is 39.1 Å². The molecule has 2 aromatic rings. The average Bonchev–Trinajstić information content (AvgIpc) is 2.35. The highest BCUT2D eigenvalue weighted by atomic mass is 79.9. The second kappa shape index (κ2) is 5.60. The highest BCUT2D eigenvalue weighted by molar-refractivity contribution is 9.10. The molecule has 2 heterocycles. The summed E-state index contributed by atoms with van der Waals surface area (Å²) in [4.78, 5) is 23.6. The van der Waals surface area contributed by atoms with Gasteiger partial charge in [-0.25, -0.2) is 15.0 Å². The van der Waals surface area contributed by atoms with Crippen LogP contribution in [-0.4, -0.2) is 20.9 Å². The summed E-state index contributed by atoms with van der Waals surface area (Å²) in [5.41, 5.74) is 0.0360. The first-order chi connectivity index (χ1) is 8.56. The quantitative estimate of drug-likeness (QED) is 0.847. The second-order valence-corrected chi connectivity index (χ2v) is 4.75. The number of hydrogen-bond donors (Lipinski definition) is 1. The minimum absolute atomic E-state index is 0.0360. The number of anilines is 1. The Kier molecular flexibility index (Phi) is 4.11. The van der Waals surface area contributed by atoms with Gasteiger partial charge in [0, 0.05) is 0 Å². The molecule has 0 saturated heterocycles. The van der Waals surface area contributed by atoms with E-state index in [0.29, 0.717) is 10.4 Å². The molecule has 2 rings (SSSR count). The third-order valence-electron chi connectivity index (χ3n) is 1.89. The third kappa shape index (κ3) is 3.16. The van der Waals surface area contributed by atoms with E-state index >= 15 is 0 Å². The Hall–Kier alpha value is -1.24. The summed E-state index contributed by atoms with van der Waals surface area (Å²) >= 11 is 14.7. The summed E-state index contributed by atoms with van der Waals surface area (Å²) in [6.45, 7) is 0. The van der Waals surface area contributed by atoms with E-state index in [-0.39, 0.29) is 15.9 Å². The molecule has 2 aromatic heterocycles. The SMILES string of the molecule is O=C(Nc1cnc(Br)cn1)c1nc(Cl)ccc1Cl. The first kappa shape index (κ1) is 13.2. The molecule has 1 N–H and O–H groups in total. The van der Waals surface area contributed by atoms with Crippen LogP contribution in [0.2, 0.25) is 10.2 Å². The van der Waals surface area contributed by atoms with E-state index in [4.69, 9.17) is 23.2 Å². The lowest BCUT2D eigenvalue weighted by atomic mass is 10.3. The minimum Gasteiger partial charge on any atom is -0.304 e. The van der Waals surface area contributed by atoms with Gasteiger partial charge in [0.2, 0.25) is 0 Å². The monoisotopic (exact) mass is 346 g/mol. The van der Waals surface area contributed by atoms with Crippen LogP contribution in [0.4, 0.5) is 5.82 Å². The van der Waals surface area contributed by atoms with Gasteiger partial charge in [-0.1, -0.05) is 23.2 Å².